The Morgan fingerprint density at radius 2 is 1.73 bits per heavy atom. The molecule has 138 valence electrons. The lowest BCUT2D eigenvalue weighted by atomic mass is 10.2. The number of hydrogen-bond donors (Lipinski definition) is 2. The number of carbonyl (C=O) groups is 1. The van der Waals surface area contributed by atoms with Crippen molar-refractivity contribution >= 4 is 21.6 Å². The van der Waals surface area contributed by atoms with Gasteiger partial charge >= 0.3 is 0 Å². The molecule has 0 aliphatic rings. The van der Waals surface area contributed by atoms with E-state index in [1.165, 1.54) is 44.6 Å². The number of hydrogen-bond acceptors (Lipinski definition) is 5. The number of rotatable bonds is 8. The standard InChI is InChI=1S/C18H20N2O5S/c1-4-11-19-26(22,23)15-8-5-13(6-9-15)18(21)20-14-7-10-16(24-2)17(12-14)25-3/h4-10,12,19H,1,11H2,2-3H3,(H,20,21). The normalized spacial score (nSPS) is 10.8. The van der Waals surface area contributed by atoms with Gasteiger partial charge in [-0.05, 0) is 36.4 Å². The third kappa shape index (κ3) is 4.62. The summed E-state index contributed by atoms with van der Waals surface area (Å²) in [6.07, 6.45) is 1.45. The van der Waals surface area contributed by atoms with Crippen LogP contribution in [0.3, 0.4) is 0 Å². The van der Waals surface area contributed by atoms with Gasteiger partial charge in [-0.1, -0.05) is 6.08 Å². The summed E-state index contributed by atoms with van der Waals surface area (Å²) in [5.74, 6) is 0.660. The van der Waals surface area contributed by atoms with Gasteiger partial charge in [0.25, 0.3) is 5.91 Å². The van der Waals surface area contributed by atoms with Crippen LogP contribution in [0.1, 0.15) is 10.4 Å². The Bertz CT molecular complexity index is 892. The molecule has 0 aliphatic carbocycles. The highest BCUT2D eigenvalue weighted by Gasteiger charge is 2.14. The van der Waals surface area contributed by atoms with Crippen LogP contribution in [0.5, 0.6) is 11.5 Å². The van der Waals surface area contributed by atoms with E-state index < -0.39 is 10.0 Å². The van der Waals surface area contributed by atoms with E-state index in [4.69, 9.17) is 9.47 Å². The molecule has 0 aliphatic heterocycles. The lowest BCUT2D eigenvalue weighted by molar-refractivity contribution is 0.102. The molecular weight excluding hydrogens is 356 g/mol. The van der Waals surface area contributed by atoms with Gasteiger partial charge in [-0.2, -0.15) is 0 Å². The second-order valence-electron chi connectivity index (χ2n) is 5.19. The summed E-state index contributed by atoms with van der Waals surface area (Å²) in [4.78, 5) is 12.4. The number of anilines is 1. The van der Waals surface area contributed by atoms with E-state index in [1.807, 2.05) is 0 Å². The zero-order chi connectivity index (χ0) is 19.2. The van der Waals surface area contributed by atoms with Gasteiger partial charge in [0.05, 0.1) is 19.1 Å². The minimum Gasteiger partial charge on any atom is -0.493 e. The first kappa shape index (κ1) is 19.5. The van der Waals surface area contributed by atoms with Crippen molar-refractivity contribution in [3.05, 3.63) is 60.7 Å². The molecule has 0 aromatic heterocycles. The molecule has 0 bridgehead atoms. The van der Waals surface area contributed by atoms with E-state index in [2.05, 4.69) is 16.6 Å². The highest BCUT2D eigenvalue weighted by atomic mass is 32.2. The maximum Gasteiger partial charge on any atom is 0.255 e. The van der Waals surface area contributed by atoms with E-state index in [0.29, 0.717) is 22.7 Å². The van der Waals surface area contributed by atoms with Gasteiger partial charge < -0.3 is 14.8 Å². The van der Waals surface area contributed by atoms with Crippen molar-refractivity contribution in [3.63, 3.8) is 0 Å². The Morgan fingerprint density at radius 1 is 1.08 bits per heavy atom. The van der Waals surface area contributed by atoms with E-state index in [9.17, 15) is 13.2 Å². The van der Waals surface area contributed by atoms with Crippen molar-refractivity contribution < 1.29 is 22.7 Å². The van der Waals surface area contributed by atoms with Gasteiger partial charge in [-0.3, -0.25) is 4.79 Å². The zero-order valence-corrected chi connectivity index (χ0v) is 15.3. The van der Waals surface area contributed by atoms with Gasteiger partial charge in [-0.25, -0.2) is 13.1 Å². The van der Waals surface area contributed by atoms with E-state index in [1.54, 1.807) is 18.2 Å². The largest absolute Gasteiger partial charge is 0.493 e. The van der Waals surface area contributed by atoms with Crippen molar-refractivity contribution in [2.45, 2.75) is 4.90 Å². The minimum atomic E-state index is -3.62. The monoisotopic (exact) mass is 376 g/mol. The number of amides is 1. The van der Waals surface area contributed by atoms with Crippen LogP contribution in [0.15, 0.2) is 60.0 Å². The maximum absolute atomic E-state index is 12.3. The fourth-order valence-corrected chi connectivity index (χ4v) is 3.15. The van der Waals surface area contributed by atoms with E-state index in [-0.39, 0.29) is 17.3 Å². The van der Waals surface area contributed by atoms with Crippen molar-refractivity contribution in [2.24, 2.45) is 0 Å². The maximum atomic E-state index is 12.3. The van der Waals surface area contributed by atoms with Crippen molar-refractivity contribution in [2.75, 3.05) is 26.1 Å². The van der Waals surface area contributed by atoms with Crippen LogP contribution >= 0.6 is 0 Å². The van der Waals surface area contributed by atoms with Crippen LogP contribution < -0.4 is 19.5 Å². The molecule has 0 saturated carbocycles. The predicted molar refractivity (Wildman–Crippen MR) is 99.3 cm³/mol. The molecule has 7 nitrogen and oxygen atoms in total. The third-order valence-corrected chi connectivity index (χ3v) is 4.93. The Hall–Kier alpha value is -2.84. The van der Waals surface area contributed by atoms with Crippen molar-refractivity contribution in [1.29, 1.82) is 0 Å². The number of ether oxygens (including phenoxy) is 2. The molecule has 2 N–H and O–H groups in total. The predicted octanol–water partition coefficient (Wildman–Crippen LogP) is 2.42. The highest BCUT2D eigenvalue weighted by molar-refractivity contribution is 7.89. The summed E-state index contributed by atoms with van der Waals surface area (Å²) < 4.78 is 36.7. The van der Waals surface area contributed by atoms with E-state index >= 15 is 0 Å². The summed E-state index contributed by atoms with van der Waals surface area (Å²) in [7, 11) is -0.597. The number of sulfonamides is 1. The van der Waals surface area contributed by atoms with Crippen LogP contribution in [0, 0.1) is 0 Å². The lowest BCUT2D eigenvalue weighted by Gasteiger charge is -2.11. The molecule has 2 rings (SSSR count). The quantitative estimate of drug-likeness (QED) is 0.690. The van der Waals surface area contributed by atoms with Gasteiger partial charge in [0, 0.05) is 23.9 Å². The Balaban J connectivity index is 2.14. The second kappa shape index (κ2) is 8.50. The van der Waals surface area contributed by atoms with Crippen LogP contribution in [0.2, 0.25) is 0 Å². The molecule has 2 aromatic carbocycles. The molecule has 26 heavy (non-hydrogen) atoms. The first-order valence-electron chi connectivity index (χ1n) is 7.65. The molecular formula is C18H20N2O5S. The Morgan fingerprint density at radius 3 is 2.31 bits per heavy atom. The van der Waals surface area contributed by atoms with Crippen LogP contribution in [0.4, 0.5) is 5.69 Å². The van der Waals surface area contributed by atoms with Crippen molar-refractivity contribution in [1.82, 2.24) is 4.72 Å². The summed E-state index contributed by atoms with van der Waals surface area (Å²) in [5, 5.41) is 2.72. The van der Waals surface area contributed by atoms with Gasteiger partial charge in [-0.15, -0.1) is 6.58 Å². The SMILES string of the molecule is C=CCNS(=O)(=O)c1ccc(C(=O)Nc2ccc(OC)c(OC)c2)cc1. The molecule has 0 fully saturated rings. The molecule has 8 heteroatoms. The van der Waals surface area contributed by atoms with Crippen molar-refractivity contribution in [3.8, 4) is 11.5 Å². The van der Waals surface area contributed by atoms with Gasteiger partial charge in [0.2, 0.25) is 10.0 Å². The lowest BCUT2D eigenvalue weighted by Crippen LogP contribution is -2.23. The fourth-order valence-electron chi connectivity index (χ4n) is 2.15. The fraction of sp³-hybridized carbons (Fsp3) is 0.167. The van der Waals surface area contributed by atoms with E-state index in [0.717, 1.165) is 0 Å². The zero-order valence-electron chi connectivity index (χ0n) is 14.5. The second-order valence-corrected chi connectivity index (χ2v) is 6.96. The van der Waals surface area contributed by atoms with Crippen LogP contribution in [-0.2, 0) is 10.0 Å². The average Bonchev–Trinajstić information content (AvgIpc) is 2.66. The number of benzene rings is 2. The third-order valence-electron chi connectivity index (χ3n) is 3.49. The molecule has 0 saturated heterocycles. The van der Waals surface area contributed by atoms with Crippen LogP contribution in [0.25, 0.3) is 0 Å². The molecule has 2 aromatic rings. The smallest absolute Gasteiger partial charge is 0.255 e. The molecule has 0 radical (unpaired) electrons. The number of nitrogens with one attached hydrogen (secondary N) is 2. The Labute approximate surface area is 152 Å². The molecule has 0 heterocycles. The molecule has 1 amide bonds. The number of carbonyl (C=O) groups excluding carboxylic acids is 1. The topological polar surface area (TPSA) is 93.7 Å². The minimum absolute atomic E-state index is 0.0713. The highest BCUT2D eigenvalue weighted by Crippen LogP contribution is 2.29. The molecule has 0 unspecified atom stereocenters. The summed E-state index contributed by atoms with van der Waals surface area (Å²) >= 11 is 0. The summed E-state index contributed by atoms with van der Waals surface area (Å²) in [6.45, 7) is 3.59. The summed E-state index contributed by atoms with van der Waals surface area (Å²) in [5.41, 5.74) is 0.847. The Kier molecular flexibility index (Phi) is 6.37. The average molecular weight is 376 g/mol. The summed E-state index contributed by atoms with van der Waals surface area (Å²) in [6, 6.07) is 10.6. The van der Waals surface area contributed by atoms with Crippen LogP contribution in [-0.4, -0.2) is 35.1 Å². The molecule has 0 atom stereocenters. The number of methoxy groups -OCH3 is 2. The molecule has 0 spiro atoms. The first-order valence-corrected chi connectivity index (χ1v) is 9.13. The van der Waals surface area contributed by atoms with Gasteiger partial charge in [0.1, 0.15) is 0 Å². The first-order chi connectivity index (χ1) is 12.4. The van der Waals surface area contributed by atoms with Gasteiger partial charge in [0.15, 0.2) is 11.5 Å².